The minimum atomic E-state index is -0.584. The van der Waals surface area contributed by atoms with Crippen molar-refractivity contribution in [3.63, 3.8) is 0 Å². The summed E-state index contributed by atoms with van der Waals surface area (Å²) in [5.41, 5.74) is 0.925. The first-order chi connectivity index (χ1) is 10.0. The number of hydrogen-bond donors (Lipinski definition) is 0. The summed E-state index contributed by atoms with van der Waals surface area (Å²) >= 11 is 0. The van der Waals surface area contributed by atoms with Gasteiger partial charge in [0.25, 0.3) is 0 Å². The smallest absolute Gasteiger partial charge is 0.337 e. The first kappa shape index (κ1) is 14.5. The number of aryl methyl sites for hydroxylation is 1. The van der Waals surface area contributed by atoms with Crippen molar-refractivity contribution >= 4 is 11.7 Å². The second-order valence-corrected chi connectivity index (χ2v) is 4.35. The van der Waals surface area contributed by atoms with Crippen LogP contribution in [0.5, 0.6) is 11.5 Å². The van der Waals surface area contributed by atoms with Crippen LogP contribution in [0.3, 0.4) is 0 Å². The molecular weight excluding hydrogens is 274 g/mol. The molecule has 0 aliphatic rings. The van der Waals surface area contributed by atoms with E-state index >= 15 is 0 Å². The Morgan fingerprint density at radius 3 is 2.57 bits per heavy atom. The third-order valence-electron chi connectivity index (χ3n) is 2.79. The zero-order chi connectivity index (χ0) is 15.4. The Morgan fingerprint density at radius 2 is 1.95 bits per heavy atom. The van der Waals surface area contributed by atoms with Crippen LogP contribution in [0.1, 0.15) is 15.9 Å². The third-order valence-corrected chi connectivity index (χ3v) is 2.79. The zero-order valence-corrected chi connectivity index (χ0v) is 11.5. The van der Waals surface area contributed by atoms with Gasteiger partial charge in [-0.05, 0) is 30.7 Å². The maximum Gasteiger partial charge on any atom is 0.337 e. The summed E-state index contributed by atoms with van der Waals surface area (Å²) in [6, 6.07) is 10.9. The Hall–Kier alpha value is -2.89. The van der Waals surface area contributed by atoms with Gasteiger partial charge in [-0.15, -0.1) is 0 Å². The molecule has 0 amide bonds. The number of rotatable bonds is 4. The van der Waals surface area contributed by atoms with E-state index in [-0.39, 0.29) is 17.0 Å². The number of carbonyl (C=O) groups excluding carboxylic acids is 1. The van der Waals surface area contributed by atoms with Crippen LogP contribution in [-0.2, 0) is 4.74 Å². The molecule has 0 aliphatic carbocycles. The maximum absolute atomic E-state index is 11.5. The molecule has 0 saturated carbocycles. The minimum absolute atomic E-state index is 0.00602. The molecule has 2 aromatic carbocycles. The fourth-order valence-electron chi connectivity index (χ4n) is 1.80. The second-order valence-electron chi connectivity index (χ2n) is 4.35. The average Bonchev–Trinajstić information content (AvgIpc) is 2.46. The van der Waals surface area contributed by atoms with Gasteiger partial charge in [-0.2, -0.15) is 0 Å². The topological polar surface area (TPSA) is 78.7 Å². The molecule has 2 aromatic rings. The van der Waals surface area contributed by atoms with E-state index in [1.54, 1.807) is 18.2 Å². The molecule has 0 spiro atoms. The normalized spacial score (nSPS) is 10.0. The highest BCUT2D eigenvalue weighted by molar-refractivity contribution is 5.90. The summed E-state index contributed by atoms with van der Waals surface area (Å²) in [6.07, 6.45) is 0. The van der Waals surface area contributed by atoms with Gasteiger partial charge in [0, 0.05) is 12.1 Å². The van der Waals surface area contributed by atoms with E-state index in [9.17, 15) is 14.9 Å². The first-order valence-corrected chi connectivity index (χ1v) is 6.12. The molecule has 0 N–H and O–H groups in total. The van der Waals surface area contributed by atoms with Gasteiger partial charge in [0.05, 0.1) is 17.6 Å². The Morgan fingerprint density at radius 1 is 1.19 bits per heavy atom. The summed E-state index contributed by atoms with van der Waals surface area (Å²) in [6.45, 7) is 1.88. The molecule has 0 heterocycles. The molecule has 0 bridgehead atoms. The maximum atomic E-state index is 11.5. The Labute approximate surface area is 121 Å². The second kappa shape index (κ2) is 6.04. The standard InChI is InChI=1S/C15H13NO5/c1-10-4-3-5-12(8-10)21-14-9-11(15(17)20-2)6-7-13(14)16(18)19/h3-9H,1-2H3. The highest BCUT2D eigenvalue weighted by atomic mass is 16.6. The van der Waals surface area contributed by atoms with Crippen molar-refractivity contribution in [1.82, 2.24) is 0 Å². The van der Waals surface area contributed by atoms with Gasteiger partial charge in [-0.3, -0.25) is 10.1 Å². The van der Waals surface area contributed by atoms with Gasteiger partial charge in [0.2, 0.25) is 5.75 Å². The van der Waals surface area contributed by atoms with Gasteiger partial charge in [-0.25, -0.2) is 4.79 Å². The lowest BCUT2D eigenvalue weighted by atomic mass is 10.2. The number of carbonyl (C=O) groups is 1. The van der Waals surface area contributed by atoms with E-state index in [1.807, 2.05) is 13.0 Å². The lowest BCUT2D eigenvalue weighted by Gasteiger charge is -2.08. The molecule has 0 fully saturated rings. The number of nitrogens with zero attached hydrogens (tertiary/aromatic N) is 1. The lowest BCUT2D eigenvalue weighted by molar-refractivity contribution is -0.385. The number of nitro groups is 1. The highest BCUT2D eigenvalue weighted by Gasteiger charge is 2.19. The highest BCUT2D eigenvalue weighted by Crippen LogP contribution is 2.32. The zero-order valence-electron chi connectivity index (χ0n) is 11.5. The molecule has 0 aromatic heterocycles. The number of hydrogen-bond acceptors (Lipinski definition) is 5. The van der Waals surface area contributed by atoms with Crippen LogP contribution >= 0.6 is 0 Å². The predicted octanol–water partition coefficient (Wildman–Crippen LogP) is 3.48. The van der Waals surface area contributed by atoms with Crippen molar-refractivity contribution in [3.05, 3.63) is 63.7 Å². The molecule has 0 atom stereocenters. The van der Waals surface area contributed by atoms with Crippen LogP contribution in [0, 0.1) is 17.0 Å². The molecule has 0 radical (unpaired) electrons. The number of ether oxygens (including phenoxy) is 2. The third kappa shape index (κ3) is 3.36. The summed E-state index contributed by atoms with van der Waals surface area (Å²) in [5, 5.41) is 11.0. The van der Waals surface area contributed by atoms with Crippen LogP contribution in [0.2, 0.25) is 0 Å². The summed E-state index contributed by atoms with van der Waals surface area (Å²) in [4.78, 5) is 22.0. The van der Waals surface area contributed by atoms with Crippen molar-refractivity contribution in [2.24, 2.45) is 0 Å². The molecule has 0 aliphatic heterocycles. The van der Waals surface area contributed by atoms with Crippen LogP contribution < -0.4 is 4.74 Å². The van der Waals surface area contributed by atoms with E-state index in [4.69, 9.17) is 4.74 Å². The number of benzene rings is 2. The van der Waals surface area contributed by atoms with E-state index in [1.165, 1.54) is 25.3 Å². The number of nitro benzene ring substituents is 1. The van der Waals surface area contributed by atoms with Gasteiger partial charge < -0.3 is 9.47 Å². The van der Waals surface area contributed by atoms with Crippen LogP contribution in [0.4, 0.5) is 5.69 Å². The SMILES string of the molecule is COC(=O)c1ccc([N+](=O)[O-])c(Oc2cccc(C)c2)c1. The van der Waals surface area contributed by atoms with Crippen LogP contribution in [0.15, 0.2) is 42.5 Å². The molecule has 108 valence electrons. The molecule has 21 heavy (non-hydrogen) atoms. The lowest BCUT2D eigenvalue weighted by Crippen LogP contribution is -2.02. The average molecular weight is 287 g/mol. The van der Waals surface area contributed by atoms with E-state index in [2.05, 4.69) is 4.74 Å². The fraction of sp³-hybridized carbons (Fsp3) is 0.133. The van der Waals surface area contributed by atoms with Gasteiger partial charge >= 0.3 is 11.7 Å². The minimum Gasteiger partial charge on any atom is -0.465 e. The van der Waals surface area contributed by atoms with Crippen molar-refractivity contribution in [2.75, 3.05) is 7.11 Å². The van der Waals surface area contributed by atoms with Crippen molar-refractivity contribution in [2.45, 2.75) is 6.92 Å². The van der Waals surface area contributed by atoms with Gasteiger partial charge in [0.15, 0.2) is 0 Å². The fourth-order valence-corrected chi connectivity index (χ4v) is 1.80. The molecule has 6 nitrogen and oxygen atoms in total. The molecule has 2 rings (SSSR count). The Balaban J connectivity index is 2.43. The molecular formula is C15H13NO5. The van der Waals surface area contributed by atoms with Crippen molar-refractivity contribution in [1.29, 1.82) is 0 Å². The number of esters is 1. The Bertz CT molecular complexity index is 696. The Kier molecular flexibility index (Phi) is 4.18. The summed E-state index contributed by atoms with van der Waals surface area (Å²) < 4.78 is 10.1. The summed E-state index contributed by atoms with van der Waals surface area (Å²) in [5.74, 6) is -0.132. The first-order valence-electron chi connectivity index (χ1n) is 6.12. The van der Waals surface area contributed by atoms with E-state index in [0.29, 0.717) is 5.75 Å². The van der Waals surface area contributed by atoms with E-state index in [0.717, 1.165) is 5.56 Å². The monoisotopic (exact) mass is 287 g/mol. The number of methoxy groups -OCH3 is 1. The van der Waals surface area contributed by atoms with E-state index < -0.39 is 10.9 Å². The molecule has 6 heteroatoms. The van der Waals surface area contributed by atoms with Gasteiger partial charge in [0.1, 0.15) is 5.75 Å². The molecule has 0 saturated heterocycles. The summed E-state index contributed by atoms with van der Waals surface area (Å²) in [7, 11) is 1.24. The van der Waals surface area contributed by atoms with Crippen LogP contribution in [0.25, 0.3) is 0 Å². The van der Waals surface area contributed by atoms with Crippen LogP contribution in [-0.4, -0.2) is 18.0 Å². The van der Waals surface area contributed by atoms with Crippen molar-refractivity contribution in [3.8, 4) is 11.5 Å². The van der Waals surface area contributed by atoms with Gasteiger partial charge in [-0.1, -0.05) is 12.1 Å². The van der Waals surface area contributed by atoms with Crippen molar-refractivity contribution < 1.29 is 19.2 Å². The quantitative estimate of drug-likeness (QED) is 0.488. The largest absolute Gasteiger partial charge is 0.465 e. The molecule has 0 unspecified atom stereocenters. The predicted molar refractivity (Wildman–Crippen MR) is 75.7 cm³/mol.